The second-order valence-corrected chi connectivity index (χ2v) is 8.41. The van der Waals surface area contributed by atoms with Gasteiger partial charge in [-0.05, 0) is 55.8 Å². The molecule has 0 aromatic heterocycles. The van der Waals surface area contributed by atoms with Gasteiger partial charge in [-0.1, -0.05) is 25.8 Å². The molecule has 0 aliphatic carbocycles. The molecule has 0 fully saturated rings. The summed E-state index contributed by atoms with van der Waals surface area (Å²) in [6.07, 6.45) is 1.04. The van der Waals surface area contributed by atoms with E-state index in [1.807, 2.05) is 0 Å². The minimum atomic E-state index is -0.683. The number of ether oxygens (including phenoxy) is 5. The van der Waals surface area contributed by atoms with Crippen molar-refractivity contribution in [2.75, 3.05) is 7.11 Å². The van der Waals surface area contributed by atoms with E-state index in [0.29, 0.717) is 28.0 Å². The average molecular weight is 543 g/mol. The van der Waals surface area contributed by atoms with Crippen molar-refractivity contribution in [2.24, 2.45) is 0 Å². The minimum absolute atomic E-state index is 0.0863. The van der Waals surface area contributed by atoms with Gasteiger partial charge < -0.3 is 23.7 Å². The van der Waals surface area contributed by atoms with Gasteiger partial charge in [-0.3, -0.25) is 4.79 Å². The third-order valence-electron chi connectivity index (χ3n) is 5.38. The lowest BCUT2D eigenvalue weighted by Crippen LogP contribution is -2.10. The van der Waals surface area contributed by atoms with E-state index in [2.05, 4.69) is 19.7 Å². The number of hydrogen-bond donors (Lipinski definition) is 0. The number of benzene rings is 3. The number of rotatable bonds is 11. The zero-order valence-corrected chi connectivity index (χ0v) is 22.1. The van der Waals surface area contributed by atoms with Crippen LogP contribution < -0.4 is 23.7 Å². The first-order valence-electron chi connectivity index (χ1n) is 11.7. The van der Waals surface area contributed by atoms with Crippen LogP contribution in [0.4, 0.5) is 0 Å². The number of methoxy groups -OCH3 is 1. The number of esters is 3. The summed E-state index contributed by atoms with van der Waals surface area (Å²) >= 11 is 0. The van der Waals surface area contributed by atoms with Crippen LogP contribution in [0.3, 0.4) is 0 Å². The maximum Gasteiger partial charge on any atom is 0.338 e. The maximum atomic E-state index is 12.6. The Kier molecular flexibility index (Phi) is 9.38. The summed E-state index contributed by atoms with van der Waals surface area (Å²) in [5.74, 6) is -1.05. The monoisotopic (exact) mass is 542 g/mol. The molecule has 0 spiro atoms. The number of hydrogen-bond acceptors (Lipinski definition) is 9. The predicted octanol–water partition coefficient (Wildman–Crippen LogP) is 5.62. The fourth-order valence-electron chi connectivity index (χ4n) is 3.44. The normalized spacial score (nSPS) is 10.1. The van der Waals surface area contributed by atoms with Gasteiger partial charge in [0.1, 0.15) is 28.7 Å². The summed E-state index contributed by atoms with van der Waals surface area (Å²) in [6, 6.07) is 14.2. The van der Waals surface area contributed by atoms with Gasteiger partial charge in [-0.25, -0.2) is 14.4 Å². The lowest BCUT2D eigenvalue weighted by molar-refractivity contribution is -0.130. The maximum absolute atomic E-state index is 12.6. The van der Waals surface area contributed by atoms with Gasteiger partial charge in [0.15, 0.2) is 0 Å². The van der Waals surface area contributed by atoms with Crippen LogP contribution >= 0.6 is 0 Å². The van der Waals surface area contributed by atoms with Crippen molar-refractivity contribution in [3.63, 3.8) is 0 Å². The van der Waals surface area contributed by atoms with E-state index >= 15 is 0 Å². The SMILES string of the molecule is C=CC(=O)Oc1ccc(-c2ccc(-c3ccc(OC=O)cc3OC(=O)C(=C)C)cc2OC(=O)C(=C)C)c(OC)c1. The molecular weight excluding hydrogens is 516 g/mol. The zero-order chi connectivity index (χ0) is 29.4. The van der Waals surface area contributed by atoms with Gasteiger partial charge in [0.2, 0.25) is 0 Å². The highest BCUT2D eigenvalue weighted by Gasteiger charge is 2.20. The smallest absolute Gasteiger partial charge is 0.338 e. The Hall–Kier alpha value is -5.44. The Morgan fingerprint density at radius 2 is 1.23 bits per heavy atom. The van der Waals surface area contributed by atoms with E-state index in [4.69, 9.17) is 23.7 Å². The van der Waals surface area contributed by atoms with Crippen LogP contribution in [0.1, 0.15) is 13.8 Å². The second-order valence-electron chi connectivity index (χ2n) is 8.41. The van der Waals surface area contributed by atoms with Crippen LogP contribution in [0.5, 0.6) is 28.7 Å². The summed E-state index contributed by atoms with van der Waals surface area (Å²) in [7, 11) is 1.44. The van der Waals surface area contributed by atoms with E-state index in [1.165, 1.54) is 39.2 Å². The minimum Gasteiger partial charge on any atom is -0.496 e. The molecule has 0 aliphatic heterocycles. The largest absolute Gasteiger partial charge is 0.496 e. The average Bonchev–Trinajstić information content (AvgIpc) is 2.93. The fourth-order valence-corrected chi connectivity index (χ4v) is 3.44. The summed E-state index contributed by atoms with van der Waals surface area (Å²) in [5, 5.41) is 0. The quantitative estimate of drug-likeness (QED) is 0.132. The Balaban J connectivity index is 2.19. The molecular formula is C31H26O9. The molecule has 0 N–H and O–H groups in total. The standard InChI is InChI=1S/C31H26O9/c1-7-29(33)38-22-10-13-24(26(16-22)36-6)25-11-8-20(14-27(25)39-30(34)18(2)3)23-12-9-21(37-17-32)15-28(23)40-31(35)19(4)5/h7-17H,1-2,4H2,3,5-6H3. The van der Waals surface area contributed by atoms with Crippen molar-refractivity contribution in [3.05, 3.63) is 91.6 Å². The van der Waals surface area contributed by atoms with Crippen LogP contribution in [0.2, 0.25) is 0 Å². The Bertz CT molecular complexity index is 1530. The topological polar surface area (TPSA) is 114 Å². The van der Waals surface area contributed by atoms with Crippen molar-refractivity contribution in [1.29, 1.82) is 0 Å². The molecule has 3 aromatic rings. The molecule has 204 valence electrons. The van der Waals surface area contributed by atoms with E-state index < -0.39 is 17.9 Å². The lowest BCUT2D eigenvalue weighted by Gasteiger charge is -2.17. The van der Waals surface area contributed by atoms with E-state index in [-0.39, 0.29) is 40.6 Å². The van der Waals surface area contributed by atoms with Gasteiger partial charge in [-0.15, -0.1) is 0 Å². The van der Waals surface area contributed by atoms with Gasteiger partial charge in [0, 0.05) is 46.0 Å². The van der Waals surface area contributed by atoms with Gasteiger partial charge in [0.25, 0.3) is 6.47 Å². The molecule has 0 unspecified atom stereocenters. The molecule has 0 radical (unpaired) electrons. The molecule has 3 rings (SSSR count). The molecule has 0 amide bonds. The first-order valence-corrected chi connectivity index (χ1v) is 11.7. The highest BCUT2D eigenvalue weighted by molar-refractivity contribution is 5.93. The molecule has 0 heterocycles. The molecule has 3 aromatic carbocycles. The van der Waals surface area contributed by atoms with Crippen LogP contribution in [-0.4, -0.2) is 31.5 Å². The van der Waals surface area contributed by atoms with Crippen molar-refractivity contribution in [2.45, 2.75) is 13.8 Å². The van der Waals surface area contributed by atoms with E-state index in [0.717, 1.165) is 6.08 Å². The van der Waals surface area contributed by atoms with Gasteiger partial charge in [0.05, 0.1) is 7.11 Å². The summed E-state index contributed by atoms with van der Waals surface area (Å²) in [6.45, 7) is 13.9. The second kappa shape index (κ2) is 12.9. The fraction of sp³-hybridized carbons (Fsp3) is 0.0968. The molecule has 0 atom stereocenters. The number of carbonyl (C=O) groups is 4. The highest BCUT2D eigenvalue weighted by atomic mass is 16.5. The Morgan fingerprint density at radius 1 is 0.700 bits per heavy atom. The van der Waals surface area contributed by atoms with E-state index in [1.54, 1.807) is 36.4 Å². The molecule has 0 saturated heterocycles. The molecule has 0 bridgehead atoms. The third kappa shape index (κ3) is 6.90. The Morgan fingerprint density at radius 3 is 1.80 bits per heavy atom. The van der Waals surface area contributed by atoms with E-state index in [9.17, 15) is 19.2 Å². The molecule has 9 nitrogen and oxygen atoms in total. The van der Waals surface area contributed by atoms with Crippen molar-refractivity contribution < 1.29 is 42.9 Å². The molecule has 40 heavy (non-hydrogen) atoms. The van der Waals surface area contributed by atoms with Crippen LogP contribution in [-0.2, 0) is 19.2 Å². The number of carbonyl (C=O) groups excluding carboxylic acids is 4. The van der Waals surface area contributed by atoms with Gasteiger partial charge in [-0.2, -0.15) is 0 Å². The first-order chi connectivity index (χ1) is 19.1. The molecule has 0 saturated carbocycles. The molecule has 0 aliphatic rings. The summed E-state index contributed by atoms with van der Waals surface area (Å²) < 4.78 is 26.8. The van der Waals surface area contributed by atoms with Crippen LogP contribution in [0.15, 0.2) is 91.6 Å². The first kappa shape index (κ1) is 29.1. The van der Waals surface area contributed by atoms with Crippen molar-refractivity contribution in [1.82, 2.24) is 0 Å². The van der Waals surface area contributed by atoms with Crippen LogP contribution in [0, 0.1) is 0 Å². The third-order valence-corrected chi connectivity index (χ3v) is 5.38. The zero-order valence-electron chi connectivity index (χ0n) is 22.1. The Labute approximate surface area is 230 Å². The van der Waals surface area contributed by atoms with Crippen LogP contribution in [0.25, 0.3) is 22.3 Å². The van der Waals surface area contributed by atoms with Crippen molar-refractivity contribution in [3.8, 4) is 51.0 Å². The van der Waals surface area contributed by atoms with Gasteiger partial charge >= 0.3 is 17.9 Å². The summed E-state index contributed by atoms with van der Waals surface area (Å²) in [5.41, 5.74) is 2.27. The lowest BCUT2D eigenvalue weighted by atomic mass is 9.97. The highest BCUT2D eigenvalue weighted by Crippen LogP contribution is 2.42. The molecule has 9 heteroatoms. The summed E-state index contributed by atoms with van der Waals surface area (Å²) in [4.78, 5) is 47.4. The van der Waals surface area contributed by atoms with Crippen molar-refractivity contribution >= 4 is 24.4 Å². The predicted molar refractivity (Wildman–Crippen MR) is 147 cm³/mol.